The van der Waals surface area contributed by atoms with Gasteiger partial charge in [-0.25, -0.2) is 0 Å². The summed E-state index contributed by atoms with van der Waals surface area (Å²) in [4.78, 5) is 25.6. The predicted molar refractivity (Wildman–Crippen MR) is 91.6 cm³/mol. The van der Waals surface area contributed by atoms with E-state index in [0.717, 1.165) is 23.7 Å². The van der Waals surface area contributed by atoms with Crippen LogP contribution >= 0.6 is 27.3 Å². The molecular weight excluding hydrogens is 380 g/mol. The highest BCUT2D eigenvalue weighted by molar-refractivity contribution is 9.10. The van der Waals surface area contributed by atoms with Crippen molar-refractivity contribution in [1.82, 2.24) is 10.9 Å². The van der Waals surface area contributed by atoms with E-state index >= 15 is 0 Å². The van der Waals surface area contributed by atoms with E-state index in [2.05, 4.69) is 26.8 Å². The van der Waals surface area contributed by atoms with Crippen LogP contribution in [0.25, 0.3) is 0 Å². The lowest BCUT2D eigenvalue weighted by atomic mass is 10.2. The van der Waals surface area contributed by atoms with Crippen molar-refractivity contribution in [2.45, 2.75) is 19.3 Å². The highest BCUT2D eigenvalue weighted by Crippen LogP contribution is 2.30. The molecule has 0 spiro atoms. The molecule has 1 aliphatic rings. The van der Waals surface area contributed by atoms with Gasteiger partial charge in [-0.15, -0.1) is 11.3 Å². The van der Waals surface area contributed by atoms with Gasteiger partial charge in [-0.1, -0.05) is 15.9 Å². The summed E-state index contributed by atoms with van der Waals surface area (Å²) in [6, 6.07) is 9.06. The minimum atomic E-state index is -0.412. The van der Waals surface area contributed by atoms with E-state index in [1.165, 1.54) is 21.8 Å². The third-order valence-electron chi connectivity index (χ3n) is 3.47. The van der Waals surface area contributed by atoms with E-state index in [0.29, 0.717) is 10.6 Å². The number of carbonyl (C=O) groups excluding carboxylic acids is 2. The molecule has 0 unspecified atom stereocenters. The lowest BCUT2D eigenvalue weighted by Gasteiger charge is -2.08. The molecule has 2 N–H and O–H groups in total. The molecule has 23 heavy (non-hydrogen) atoms. The maximum absolute atomic E-state index is 12.0. The van der Waals surface area contributed by atoms with Gasteiger partial charge in [0.05, 0.1) is 4.88 Å². The summed E-state index contributed by atoms with van der Waals surface area (Å²) in [6.45, 7) is -0.164. The number of carbonyl (C=O) groups is 2. The van der Waals surface area contributed by atoms with Crippen molar-refractivity contribution >= 4 is 39.1 Å². The minimum absolute atomic E-state index is 0.164. The first-order valence-electron chi connectivity index (χ1n) is 7.21. The topological polar surface area (TPSA) is 67.4 Å². The first kappa shape index (κ1) is 16.0. The van der Waals surface area contributed by atoms with Gasteiger partial charge in [0.2, 0.25) is 0 Å². The van der Waals surface area contributed by atoms with Crippen LogP contribution in [0.5, 0.6) is 5.75 Å². The van der Waals surface area contributed by atoms with Crippen molar-refractivity contribution in [3.63, 3.8) is 0 Å². The van der Waals surface area contributed by atoms with Crippen LogP contribution in [0.3, 0.4) is 0 Å². The van der Waals surface area contributed by atoms with Crippen molar-refractivity contribution in [1.29, 1.82) is 0 Å². The third kappa shape index (κ3) is 4.11. The van der Waals surface area contributed by atoms with Gasteiger partial charge in [0.15, 0.2) is 6.61 Å². The van der Waals surface area contributed by atoms with Crippen LogP contribution in [0.2, 0.25) is 0 Å². The van der Waals surface area contributed by atoms with Gasteiger partial charge in [-0.05, 0) is 55.2 Å². The van der Waals surface area contributed by atoms with Crippen LogP contribution in [-0.4, -0.2) is 18.4 Å². The molecule has 1 aromatic carbocycles. The summed E-state index contributed by atoms with van der Waals surface area (Å²) in [5.74, 6) is -0.115. The minimum Gasteiger partial charge on any atom is -0.484 e. The highest BCUT2D eigenvalue weighted by Gasteiger charge is 2.18. The van der Waals surface area contributed by atoms with Crippen molar-refractivity contribution in [3.05, 3.63) is 50.1 Å². The van der Waals surface area contributed by atoms with Crippen LogP contribution in [0, 0.1) is 0 Å². The van der Waals surface area contributed by atoms with Gasteiger partial charge >= 0.3 is 0 Å². The number of aryl methyl sites for hydroxylation is 2. The molecule has 0 saturated heterocycles. The smallest absolute Gasteiger partial charge is 0.279 e. The average molecular weight is 395 g/mol. The summed E-state index contributed by atoms with van der Waals surface area (Å²) < 4.78 is 6.26. The molecule has 2 aromatic rings. The Hall–Kier alpha value is -1.86. The van der Waals surface area contributed by atoms with Crippen LogP contribution < -0.4 is 15.6 Å². The van der Waals surface area contributed by atoms with Gasteiger partial charge in [0, 0.05) is 9.35 Å². The SMILES string of the molecule is O=C(COc1ccc(Br)cc1)NNC(=O)c1cc2c(s1)CCC2. The summed E-state index contributed by atoms with van der Waals surface area (Å²) in [5.41, 5.74) is 6.03. The molecule has 5 nitrogen and oxygen atoms in total. The zero-order valence-electron chi connectivity index (χ0n) is 12.2. The molecule has 0 fully saturated rings. The number of hydrazine groups is 1. The number of fused-ring (bicyclic) bond motifs is 1. The standard InChI is InChI=1S/C16H15BrN2O3S/c17-11-4-6-12(7-5-11)22-9-15(20)18-19-16(21)14-8-10-2-1-3-13(10)23-14/h4-8H,1-3,9H2,(H,18,20)(H,19,21). The third-order valence-corrected chi connectivity index (χ3v) is 5.23. The van der Waals surface area contributed by atoms with Crippen LogP contribution in [0.4, 0.5) is 0 Å². The van der Waals surface area contributed by atoms with Crippen molar-refractivity contribution in [2.24, 2.45) is 0 Å². The number of rotatable bonds is 4. The van der Waals surface area contributed by atoms with Gasteiger partial charge in [-0.3, -0.25) is 20.4 Å². The fourth-order valence-electron chi connectivity index (χ4n) is 2.34. The first-order valence-corrected chi connectivity index (χ1v) is 8.82. The molecule has 3 rings (SSSR count). The van der Waals surface area contributed by atoms with E-state index in [-0.39, 0.29) is 12.5 Å². The molecule has 0 atom stereocenters. The average Bonchev–Trinajstić information content (AvgIpc) is 3.13. The van der Waals surface area contributed by atoms with Crippen LogP contribution in [-0.2, 0) is 17.6 Å². The molecule has 0 bridgehead atoms. The highest BCUT2D eigenvalue weighted by atomic mass is 79.9. The maximum Gasteiger partial charge on any atom is 0.279 e. The number of benzene rings is 1. The normalized spacial score (nSPS) is 12.6. The lowest BCUT2D eigenvalue weighted by Crippen LogP contribution is -2.43. The van der Waals surface area contributed by atoms with Crippen molar-refractivity contribution < 1.29 is 14.3 Å². The fraction of sp³-hybridized carbons (Fsp3) is 0.250. The summed E-state index contributed by atoms with van der Waals surface area (Å²) in [7, 11) is 0. The zero-order chi connectivity index (χ0) is 16.2. The largest absolute Gasteiger partial charge is 0.484 e. The van der Waals surface area contributed by atoms with Crippen LogP contribution in [0.1, 0.15) is 26.5 Å². The first-order chi connectivity index (χ1) is 11.1. The number of hydrogen-bond donors (Lipinski definition) is 2. The van der Waals surface area contributed by atoms with Gasteiger partial charge in [0.1, 0.15) is 5.75 Å². The van der Waals surface area contributed by atoms with Gasteiger partial charge in [-0.2, -0.15) is 0 Å². The van der Waals surface area contributed by atoms with Gasteiger partial charge < -0.3 is 4.74 Å². The van der Waals surface area contributed by atoms with E-state index in [1.807, 2.05) is 18.2 Å². The van der Waals surface area contributed by atoms with E-state index in [1.54, 1.807) is 12.1 Å². The van der Waals surface area contributed by atoms with E-state index < -0.39 is 5.91 Å². The molecule has 7 heteroatoms. The Morgan fingerprint density at radius 1 is 1.17 bits per heavy atom. The number of hydrogen-bond acceptors (Lipinski definition) is 4. The summed E-state index contributed by atoms with van der Waals surface area (Å²) in [5, 5.41) is 0. The zero-order valence-corrected chi connectivity index (χ0v) is 14.6. The number of halogens is 1. The molecule has 1 heterocycles. The molecule has 1 aromatic heterocycles. The Labute approximate surface area is 146 Å². The second-order valence-corrected chi connectivity index (χ2v) is 7.21. The molecule has 0 radical (unpaired) electrons. The molecule has 0 aliphatic heterocycles. The predicted octanol–water partition coefficient (Wildman–Crippen LogP) is 2.84. The number of nitrogens with one attached hydrogen (secondary N) is 2. The number of thiophene rings is 1. The van der Waals surface area contributed by atoms with E-state index in [4.69, 9.17) is 4.74 Å². The Bertz CT molecular complexity index is 706. The number of amides is 2. The molecular formula is C16H15BrN2O3S. The summed E-state index contributed by atoms with van der Waals surface area (Å²) in [6.07, 6.45) is 3.24. The molecule has 1 aliphatic carbocycles. The Balaban J connectivity index is 1.44. The molecule has 2 amide bonds. The fourth-order valence-corrected chi connectivity index (χ4v) is 3.76. The summed E-state index contributed by atoms with van der Waals surface area (Å²) >= 11 is 4.82. The maximum atomic E-state index is 12.0. The quantitative estimate of drug-likeness (QED) is 0.783. The monoisotopic (exact) mass is 394 g/mol. The Morgan fingerprint density at radius 3 is 2.70 bits per heavy atom. The van der Waals surface area contributed by atoms with Gasteiger partial charge in [0.25, 0.3) is 11.8 Å². The van der Waals surface area contributed by atoms with Crippen molar-refractivity contribution in [2.75, 3.05) is 6.61 Å². The molecule has 0 saturated carbocycles. The Morgan fingerprint density at radius 2 is 1.96 bits per heavy atom. The lowest BCUT2D eigenvalue weighted by molar-refractivity contribution is -0.123. The van der Waals surface area contributed by atoms with Crippen molar-refractivity contribution in [3.8, 4) is 5.75 Å². The second kappa shape index (κ2) is 7.14. The Kier molecular flexibility index (Phi) is 4.97. The number of ether oxygens (including phenoxy) is 1. The van der Waals surface area contributed by atoms with Crippen LogP contribution in [0.15, 0.2) is 34.8 Å². The second-order valence-electron chi connectivity index (χ2n) is 5.16. The van der Waals surface area contributed by atoms with E-state index in [9.17, 15) is 9.59 Å². The molecule has 120 valence electrons.